The summed E-state index contributed by atoms with van der Waals surface area (Å²) in [5.41, 5.74) is 2.40. The zero-order valence-corrected chi connectivity index (χ0v) is 15.6. The van der Waals surface area contributed by atoms with Crippen LogP contribution in [0.5, 0.6) is 0 Å². The molecule has 1 aliphatic rings. The highest BCUT2D eigenvalue weighted by Crippen LogP contribution is 2.19. The number of likely N-dealkylation sites (tertiary alicyclic amines) is 1. The number of benzene rings is 1. The Morgan fingerprint density at radius 2 is 1.96 bits per heavy atom. The number of pyridine rings is 1. The lowest BCUT2D eigenvalue weighted by molar-refractivity contribution is 0.141. The number of guanidine groups is 1. The third-order valence-corrected chi connectivity index (χ3v) is 4.87. The predicted molar refractivity (Wildman–Crippen MR) is 107 cm³/mol. The van der Waals surface area contributed by atoms with Gasteiger partial charge in [0.15, 0.2) is 5.96 Å². The number of nitrogens with one attached hydrogen (secondary N) is 2. The third kappa shape index (κ3) is 5.56. The van der Waals surface area contributed by atoms with E-state index in [1.54, 1.807) is 0 Å². The first-order chi connectivity index (χ1) is 12.8. The normalized spacial score (nSPS) is 18.5. The number of hydrogen-bond donors (Lipinski definition) is 2. The second kappa shape index (κ2) is 9.92. The highest BCUT2D eigenvalue weighted by atomic mass is 15.2. The van der Waals surface area contributed by atoms with Crippen molar-refractivity contribution in [2.75, 3.05) is 20.1 Å². The second-order valence-electron chi connectivity index (χ2n) is 6.73. The largest absolute Gasteiger partial charge is 0.355 e. The van der Waals surface area contributed by atoms with Gasteiger partial charge in [-0.3, -0.25) is 14.9 Å². The molecule has 0 amide bonds. The summed E-state index contributed by atoms with van der Waals surface area (Å²) in [7, 11) is 1.82. The lowest BCUT2D eigenvalue weighted by Crippen LogP contribution is -2.48. The molecule has 0 spiro atoms. The van der Waals surface area contributed by atoms with Crippen molar-refractivity contribution in [1.82, 2.24) is 20.5 Å². The van der Waals surface area contributed by atoms with E-state index in [-0.39, 0.29) is 0 Å². The van der Waals surface area contributed by atoms with Gasteiger partial charge in [0.25, 0.3) is 0 Å². The van der Waals surface area contributed by atoms with E-state index in [0.29, 0.717) is 12.6 Å². The van der Waals surface area contributed by atoms with Crippen molar-refractivity contribution in [1.29, 1.82) is 0 Å². The number of hydrogen-bond acceptors (Lipinski definition) is 3. The third-order valence-electron chi connectivity index (χ3n) is 4.87. The van der Waals surface area contributed by atoms with Crippen molar-refractivity contribution in [2.24, 2.45) is 4.99 Å². The summed E-state index contributed by atoms with van der Waals surface area (Å²) in [5.74, 6) is 0.834. The van der Waals surface area contributed by atoms with Crippen molar-refractivity contribution in [3.8, 4) is 0 Å². The van der Waals surface area contributed by atoms with Gasteiger partial charge in [-0.05, 0) is 37.1 Å². The first-order valence-electron chi connectivity index (χ1n) is 9.47. The first kappa shape index (κ1) is 18.4. The van der Waals surface area contributed by atoms with Gasteiger partial charge in [-0.2, -0.15) is 0 Å². The Kier molecular flexibility index (Phi) is 7.02. The maximum Gasteiger partial charge on any atom is 0.191 e. The van der Waals surface area contributed by atoms with E-state index < -0.39 is 0 Å². The van der Waals surface area contributed by atoms with Crippen LogP contribution in [-0.4, -0.2) is 42.0 Å². The molecular weight excluding hydrogens is 322 g/mol. The topological polar surface area (TPSA) is 52.6 Å². The van der Waals surface area contributed by atoms with Crippen molar-refractivity contribution in [3.63, 3.8) is 0 Å². The molecule has 5 heteroatoms. The standard InChI is InChI=1S/C21H29N5/c1-22-21(24-15-19-11-5-7-13-23-19)25-16-20-12-6-8-14-26(20)17-18-9-3-2-4-10-18/h2-5,7,9-11,13,20H,6,8,12,14-17H2,1H3,(H2,22,24,25). The van der Waals surface area contributed by atoms with E-state index in [1.165, 1.54) is 31.4 Å². The lowest BCUT2D eigenvalue weighted by atomic mass is 10.0. The monoisotopic (exact) mass is 351 g/mol. The van der Waals surface area contributed by atoms with Crippen LogP contribution >= 0.6 is 0 Å². The highest BCUT2D eigenvalue weighted by Gasteiger charge is 2.22. The van der Waals surface area contributed by atoms with Crippen LogP contribution in [0, 0.1) is 0 Å². The summed E-state index contributed by atoms with van der Waals surface area (Å²) in [5, 5.41) is 6.84. The van der Waals surface area contributed by atoms with Crippen LogP contribution in [0.1, 0.15) is 30.5 Å². The second-order valence-corrected chi connectivity index (χ2v) is 6.73. The zero-order valence-electron chi connectivity index (χ0n) is 15.6. The summed E-state index contributed by atoms with van der Waals surface area (Å²) >= 11 is 0. The fourth-order valence-corrected chi connectivity index (χ4v) is 3.43. The molecule has 1 saturated heterocycles. The number of aliphatic imine (C=N–C) groups is 1. The minimum Gasteiger partial charge on any atom is -0.355 e. The van der Waals surface area contributed by atoms with Gasteiger partial charge in [0.1, 0.15) is 0 Å². The molecule has 1 aliphatic heterocycles. The van der Waals surface area contributed by atoms with E-state index in [1.807, 2.05) is 31.4 Å². The van der Waals surface area contributed by atoms with Gasteiger partial charge >= 0.3 is 0 Å². The van der Waals surface area contributed by atoms with Crippen LogP contribution in [0.2, 0.25) is 0 Å². The van der Waals surface area contributed by atoms with Gasteiger partial charge in [-0.25, -0.2) is 0 Å². The molecule has 0 radical (unpaired) electrons. The Labute approximate surface area is 156 Å². The quantitative estimate of drug-likeness (QED) is 0.621. The van der Waals surface area contributed by atoms with Crippen LogP contribution in [0.4, 0.5) is 0 Å². The molecule has 1 unspecified atom stereocenters. The Morgan fingerprint density at radius 1 is 1.12 bits per heavy atom. The molecule has 1 aromatic carbocycles. The van der Waals surface area contributed by atoms with E-state index in [9.17, 15) is 0 Å². The number of nitrogens with zero attached hydrogens (tertiary/aromatic N) is 3. The number of piperidine rings is 1. The van der Waals surface area contributed by atoms with E-state index in [2.05, 4.69) is 55.8 Å². The van der Waals surface area contributed by atoms with Crippen LogP contribution in [0.3, 0.4) is 0 Å². The summed E-state index contributed by atoms with van der Waals surface area (Å²) in [6, 6.07) is 17.2. The smallest absolute Gasteiger partial charge is 0.191 e. The summed E-state index contributed by atoms with van der Waals surface area (Å²) in [6.45, 7) is 3.78. The highest BCUT2D eigenvalue weighted by molar-refractivity contribution is 5.79. The number of rotatable bonds is 6. The molecule has 0 saturated carbocycles. The lowest BCUT2D eigenvalue weighted by Gasteiger charge is -2.36. The van der Waals surface area contributed by atoms with E-state index in [0.717, 1.165) is 24.7 Å². The molecule has 138 valence electrons. The average molecular weight is 351 g/mol. The van der Waals surface area contributed by atoms with Crippen molar-refractivity contribution in [2.45, 2.75) is 38.4 Å². The molecule has 1 fully saturated rings. The van der Waals surface area contributed by atoms with Crippen molar-refractivity contribution in [3.05, 3.63) is 66.0 Å². The maximum atomic E-state index is 4.34. The Hall–Kier alpha value is -2.40. The van der Waals surface area contributed by atoms with E-state index in [4.69, 9.17) is 0 Å². The predicted octanol–water partition coefficient (Wildman–Crippen LogP) is 2.80. The zero-order chi connectivity index (χ0) is 18.0. The van der Waals surface area contributed by atoms with Crippen LogP contribution in [0.25, 0.3) is 0 Å². The molecule has 1 atom stereocenters. The molecule has 0 bridgehead atoms. The molecule has 2 heterocycles. The molecule has 5 nitrogen and oxygen atoms in total. The minimum absolute atomic E-state index is 0.539. The maximum absolute atomic E-state index is 4.34. The summed E-state index contributed by atoms with van der Waals surface area (Å²) in [4.78, 5) is 11.3. The number of aromatic nitrogens is 1. The summed E-state index contributed by atoms with van der Waals surface area (Å²) in [6.07, 6.45) is 5.64. The van der Waals surface area contributed by atoms with Crippen LogP contribution in [0.15, 0.2) is 59.7 Å². The van der Waals surface area contributed by atoms with Crippen molar-refractivity contribution < 1.29 is 0 Å². The van der Waals surface area contributed by atoms with Gasteiger partial charge in [-0.15, -0.1) is 0 Å². The van der Waals surface area contributed by atoms with Gasteiger partial charge in [0, 0.05) is 32.4 Å². The SMILES string of the molecule is CN=C(NCc1ccccn1)NCC1CCCCN1Cc1ccccc1. The molecule has 26 heavy (non-hydrogen) atoms. The molecule has 2 aromatic rings. The summed E-state index contributed by atoms with van der Waals surface area (Å²) < 4.78 is 0. The van der Waals surface area contributed by atoms with Crippen molar-refractivity contribution >= 4 is 5.96 Å². The fourth-order valence-electron chi connectivity index (χ4n) is 3.43. The Bertz CT molecular complexity index is 671. The molecule has 1 aromatic heterocycles. The van der Waals surface area contributed by atoms with Crippen LogP contribution in [-0.2, 0) is 13.1 Å². The van der Waals surface area contributed by atoms with Gasteiger partial charge in [0.2, 0.25) is 0 Å². The molecule has 2 N–H and O–H groups in total. The van der Waals surface area contributed by atoms with Gasteiger partial charge in [-0.1, -0.05) is 42.8 Å². The molecular formula is C21H29N5. The molecule has 3 rings (SSSR count). The Balaban J connectivity index is 1.50. The minimum atomic E-state index is 0.539. The fraction of sp³-hybridized carbons (Fsp3) is 0.429. The van der Waals surface area contributed by atoms with Gasteiger partial charge < -0.3 is 10.6 Å². The average Bonchev–Trinajstić information content (AvgIpc) is 2.71. The van der Waals surface area contributed by atoms with Gasteiger partial charge in [0.05, 0.1) is 12.2 Å². The molecule has 0 aliphatic carbocycles. The van der Waals surface area contributed by atoms with E-state index >= 15 is 0 Å². The Morgan fingerprint density at radius 3 is 2.73 bits per heavy atom. The first-order valence-corrected chi connectivity index (χ1v) is 9.47. The van der Waals surface area contributed by atoms with Crippen LogP contribution < -0.4 is 10.6 Å².